The van der Waals surface area contributed by atoms with E-state index in [0.717, 1.165) is 5.01 Å². The average Bonchev–Trinajstić information content (AvgIpc) is 2.92. The van der Waals surface area contributed by atoms with Crippen LogP contribution in [0.15, 0.2) is 24.3 Å². The van der Waals surface area contributed by atoms with Crippen LogP contribution < -0.4 is 15.8 Å². The van der Waals surface area contributed by atoms with Gasteiger partial charge in [-0.1, -0.05) is 18.5 Å². The van der Waals surface area contributed by atoms with Crippen molar-refractivity contribution in [2.24, 2.45) is 11.7 Å². The van der Waals surface area contributed by atoms with Crippen LogP contribution in [0.5, 0.6) is 5.75 Å². The average molecular weight is 354 g/mol. The minimum atomic E-state index is -0.113. The third-order valence-electron chi connectivity index (χ3n) is 3.24. The lowest BCUT2D eigenvalue weighted by atomic mass is 10.2. The van der Waals surface area contributed by atoms with Crippen LogP contribution in [0, 0.1) is 12.8 Å². The summed E-state index contributed by atoms with van der Waals surface area (Å²) in [6.07, 6.45) is 0. The molecule has 1 aromatic carbocycles. The highest BCUT2D eigenvalue weighted by Crippen LogP contribution is 2.21. The number of amides is 1. The number of thiazole rings is 1. The molecule has 0 aliphatic rings. The Hall–Kier alpha value is -1.63. The Morgan fingerprint density at radius 3 is 2.78 bits per heavy atom. The largest absolute Gasteiger partial charge is 0.486 e. The molecule has 23 heavy (non-hydrogen) atoms. The lowest BCUT2D eigenvalue weighted by Crippen LogP contribution is -2.31. The second-order valence-corrected chi connectivity index (χ2v) is 6.84. The molecule has 5 nitrogen and oxygen atoms in total. The van der Waals surface area contributed by atoms with Gasteiger partial charge in [0.1, 0.15) is 22.2 Å². The van der Waals surface area contributed by atoms with Crippen molar-refractivity contribution in [2.75, 3.05) is 13.1 Å². The van der Waals surface area contributed by atoms with Gasteiger partial charge in [-0.25, -0.2) is 4.98 Å². The maximum atomic E-state index is 12.2. The summed E-state index contributed by atoms with van der Waals surface area (Å²) in [6, 6.07) is 7.12. The molecule has 7 heteroatoms. The van der Waals surface area contributed by atoms with Crippen LogP contribution in [0.2, 0.25) is 5.02 Å². The van der Waals surface area contributed by atoms with Crippen molar-refractivity contribution in [3.8, 4) is 5.75 Å². The van der Waals surface area contributed by atoms with E-state index in [2.05, 4.69) is 10.3 Å². The Labute approximate surface area is 144 Å². The number of ether oxygens (including phenoxy) is 1. The minimum absolute atomic E-state index is 0.113. The van der Waals surface area contributed by atoms with Gasteiger partial charge in [0.25, 0.3) is 5.91 Å². The maximum Gasteiger partial charge on any atom is 0.263 e. The van der Waals surface area contributed by atoms with Crippen LogP contribution in [-0.4, -0.2) is 24.0 Å². The second kappa shape index (κ2) is 8.29. The molecule has 0 radical (unpaired) electrons. The zero-order valence-electron chi connectivity index (χ0n) is 13.1. The molecule has 1 amide bonds. The zero-order valence-corrected chi connectivity index (χ0v) is 14.7. The highest BCUT2D eigenvalue weighted by Gasteiger charge is 2.16. The number of carbonyl (C=O) groups excluding carboxylic acids is 1. The van der Waals surface area contributed by atoms with Crippen molar-refractivity contribution in [1.82, 2.24) is 10.3 Å². The Morgan fingerprint density at radius 2 is 2.13 bits per heavy atom. The van der Waals surface area contributed by atoms with E-state index in [4.69, 9.17) is 22.1 Å². The number of rotatable bonds is 7. The SMILES string of the molecule is Cc1nc(COc2ccc(Cl)cc2)sc1C(=O)NCC(C)CN. The summed E-state index contributed by atoms with van der Waals surface area (Å²) >= 11 is 7.18. The summed E-state index contributed by atoms with van der Waals surface area (Å²) in [4.78, 5) is 17.2. The molecular formula is C16H20ClN3O2S. The summed E-state index contributed by atoms with van der Waals surface area (Å²) in [5.41, 5.74) is 6.26. The summed E-state index contributed by atoms with van der Waals surface area (Å²) < 4.78 is 5.65. The van der Waals surface area contributed by atoms with Crippen LogP contribution >= 0.6 is 22.9 Å². The summed E-state index contributed by atoms with van der Waals surface area (Å²) in [5.74, 6) is 0.850. The molecule has 3 N–H and O–H groups in total. The first kappa shape index (κ1) is 17.7. The number of carbonyl (C=O) groups is 1. The number of aryl methyl sites for hydroxylation is 1. The van der Waals surface area contributed by atoms with Gasteiger partial charge in [-0.3, -0.25) is 4.79 Å². The number of benzene rings is 1. The number of halogens is 1. The van der Waals surface area contributed by atoms with Crippen LogP contribution in [-0.2, 0) is 6.61 Å². The molecule has 0 saturated heterocycles. The third kappa shape index (κ3) is 5.20. The van der Waals surface area contributed by atoms with Gasteiger partial charge in [0.15, 0.2) is 0 Å². The Balaban J connectivity index is 1.94. The predicted molar refractivity (Wildman–Crippen MR) is 93.2 cm³/mol. The van der Waals surface area contributed by atoms with E-state index >= 15 is 0 Å². The Bertz CT molecular complexity index is 658. The van der Waals surface area contributed by atoms with Gasteiger partial charge in [-0.15, -0.1) is 11.3 Å². The highest BCUT2D eigenvalue weighted by molar-refractivity contribution is 7.13. The molecule has 124 valence electrons. The fraction of sp³-hybridized carbons (Fsp3) is 0.375. The van der Waals surface area contributed by atoms with E-state index in [9.17, 15) is 4.79 Å². The molecular weight excluding hydrogens is 334 g/mol. The standard InChI is InChI=1S/C16H20ClN3O2S/c1-10(7-18)8-19-16(21)15-11(2)20-14(23-15)9-22-13-5-3-12(17)4-6-13/h3-6,10H,7-9,18H2,1-2H3,(H,19,21). The lowest BCUT2D eigenvalue weighted by molar-refractivity contribution is 0.0952. The van der Waals surface area contributed by atoms with E-state index in [1.54, 1.807) is 24.3 Å². The van der Waals surface area contributed by atoms with Crippen molar-refractivity contribution >= 4 is 28.8 Å². The molecule has 0 aliphatic carbocycles. The van der Waals surface area contributed by atoms with Crippen molar-refractivity contribution in [3.05, 3.63) is 44.9 Å². The molecule has 0 spiro atoms. The first-order valence-electron chi connectivity index (χ1n) is 7.32. The number of nitrogens with two attached hydrogens (primary N) is 1. The maximum absolute atomic E-state index is 12.2. The Kier molecular flexibility index (Phi) is 6.38. The fourth-order valence-electron chi connectivity index (χ4n) is 1.83. The molecule has 1 heterocycles. The zero-order chi connectivity index (χ0) is 16.8. The van der Waals surface area contributed by atoms with Gasteiger partial charge in [0.2, 0.25) is 0 Å². The molecule has 2 aromatic rings. The quantitative estimate of drug-likeness (QED) is 0.802. The molecule has 0 fully saturated rings. The number of aromatic nitrogens is 1. The van der Waals surface area contributed by atoms with Crippen molar-refractivity contribution in [3.63, 3.8) is 0 Å². The normalized spacial score (nSPS) is 12.0. The number of nitrogens with zero attached hydrogens (tertiary/aromatic N) is 1. The van der Waals surface area contributed by atoms with E-state index in [-0.39, 0.29) is 11.8 Å². The highest BCUT2D eigenvalue weighted by atomic mass is 35.5. The monoisotopic (exact) mass is 353 g/mol. The molecule has 0 aliphatic heterocycles. The predicted octanol–water partition coefficient (Wildman–Crippen LogP) is 3.01. The number of hydrogen-bond donors (Lipinski definition) is 2. The van der Waals surface area contributed by atoms with Crippen molar-refractivity contribution in [1.29, 1.82) is 0 Å². The van der Waals surface area contributed by atoms with Gasteiger partial charge < -0.3 is 15.8 Å². The summed E-state index contributed by atoms with van der Waals surface area (Å²) in [7, 11) is 0. The van der Waals surface area contributed by atoms with E-state index in [0.29, 0.717) is 41.0 Å². The van der Waals surface area contributed by atoms with Crippen LogP contribution in [0.1, 0.15) is 27.3 Å². The van der Waals surface area contributed by atoms with Crippen LogP contribution in [0.3, 0.4) is 0 Å². The summed E-state index contributed by atoms with van der Waals surface area (Å²) in [5, 5.41) is 4.30. The topological polar surface area (TPSA) is 77.2 Å². The molecule has 2 rings (SSSR count). The van der Waals surface area contributed by atoms with Crippen LogP contribution in [0.25, 0.3) is 0 Å². The van der Waals surface area contributed by atoms with Gasteiger partial charge in [-0.2, -0.15) is 0 Å². The molecule has 1 unspecified atom stereocenters. The van der Waals surface area contributed by atoms with E-state index in [1.165, 1.54) is 11.3 Å². The molecule has 0 bridgehead atoms. The van der Waals surface area contributed by atoms with Gasteiger partial charge in [-0.05, 0) is 43.7 Å². The summed E-state index contributed by atoms with van der Waals surface area (Å²) in [6.45, 7) is 5.24. The van der Waals surface area contributed by atoms with Gasteiger partial charge >= 0.3 is 0 Å². The van der Waals surface area contributed by atoms with E-state index < -0.39 is 0 Å². The molecule has 1 atom stereocenters. The van der Waals surface area contributed by atoms with Gasteiger partial charge in [0, 0.05) is 11.6 Å². The smallest absolute Gasteiger partial charge is 0.263 e. The van der Waals surface area contributed by atoms with Gasteiger partial charge in [0.05, 0.1) is 5.69 Å². The number of nitrogens with one attached hydrogen (secondary N) is 1. The lowest BCUT2D eigenvalue weighted by Gasteiger charge is -2.09. The van der Waals surface area contributed by atoms with E-state index in [1.807, 2.05) is 13.8 Å². The number of hydrogen-bond acceptors (Lipinski definition) is 5. The molecule has 0 saturated carbocycles. The minimum Gasteiger partial charge on any atom is -0.486 e. The fourth-order valence-corrected chi connectivity index (χ4v) is 2.85. The first-order valence-corrected chi connectivity index (χ1v) is 8.52. The van der Waals surface area contributed by atoms with Crippen molar-refractivity contribution in [2.45, 2.75) is 20.5 Å². The third-order valence-corrected chi connectivity index (χ3v) is 4.62. The Morgan fingerprint density at radius 1 is 1.43 bits per heavy atom. The first-order chi connectivity index (χ1) is 11.0. The second-order valence-electron chi connectivity index (χ2n) is 5.32. The van der Waals surface area contributed by atoms with Crippen molar-refractivity contribution < 1.29 is 9.53 Å². The molecule has 1 aromatic heterocycles. The van der Waals surface area contributed by atoms with Crippen LogP contribution in [0.4, 0.5) is 0 Å².